The Morgan fingerprint density at radius 3 is 2.95 bits per heavy atom. The molecule has 0 amide bonds. The lowest BCUT2D eigenvalue weighted by Gasteiger charge is -2.31. The van der Waals surface area contributed by atoms with Gasteiger partial charge in [0.25, 0.3) is 0 Å². The Morgan fingerprint density at radius 2 is 2.10 bits per heavy atom. The Hall–Kier alpha value is -2.00. The van der Waals surface area contributed by atoms with Crippen molar-refractivity contribution in [1.29, 1.82) is 0 Å². The lowest BCUT2D eigenvalue weighted by Crippen LogP contribution is -2.31. The van der Waals surface area contributed by atoms with Crippen molar-refractivity contribution in [3.05, 3.63) is 59.7 Å². The van der Waals surface area contributed by atoms with Crippen LogP contribution in [-0.4, -0.2) is 17.8 Å². The molecule has 1 aliphatic heterocycles. The number of para-hydroxylation sites is 1. The molecule has 0 radical (unpaired) electrons. The second-order valence-corrected chi connectivity index (χ2v) is 5.40. The van der Waals surface area contributed by atoms with Crippen LogP contribution in [0.5, 0.6) is 5.75 Å². The number of hydrogen-bond acceptors (Lipinski definition) is 3. The summed E-state index contributed by atoms with van der Waals surface area (Å²) in [5, 5.41) is 14.1. The van der Waals surface area contributed by atoms with Crippen LogP contribution in [0.4, 0.5) is 5.69 Å². The zero-order chi connectivity index (χ0) is 14.7. The highest BCUT2D eigenvalue weighted by Crippen LogP contribution is 2.31. The molecule has 3 heteroatoms. The van der Waals surface area contributed by atoms with Crippen LogP contribution >= 0.6 is 0 Å². The van der Waals surface area contributed by atoms with Gasteiger partial charge < -0.3 is 15.2 Å². The SMILES string of the molecule is CCOc1cccc(C(O)C2CCc3ccccc3N2)c1. The second kappa shape index (κ2) is 6.19. The maximum absolute atomic E-state index is 10.6. The predicted molar refractivity (Wildman–Crippen MR) is 84.7 cm³/mol. The Morgan fingerprint density at radius 1 is 1.24 bits per heavy atom. The third kappa shape index (κ3) is 3.03. The number of aliphatic hydroxyl groups excluding tert-OH is 1. The molecular formula is C18H21NO2. The molecule has 0 saturated heterocycles. The minimum absolute atomic E-state index is 0.0387. The molecular weight excluding hydrogens is 262 g/mol. The van der Waals surface area contributed by atoms with Crippen LogP contribution in [0.15, 0.2) is 48.5 Å². The van der Waals surface area contributed by atoms with Gasteiger partial charge in [-0.25, -0.2) is 0 Å². The number of nitrogens with one attached hydrogen (secondary N) is 1. The van der Waals surface area contributed by atoms with Crippen molar-refractivity contribution in [3.8, 4) is 5.75 Å². The van der Waals surface area contributed by atoms with Gasteiger partial charge in [0.1, 0.15) is 5.75 Å². The molecule has 1 aliphatic rings. The number of benzene rings is 2. The molecule has 0 bridgehead atoms. The van der Waals surface area contributed by atoms with Crippen LogP contribution in [0.2, 0.25) is 0 Å². The highest BCUT2D eigenvalue weighted by atomic mass is 16.5. The highest BCUT2D eigenvalue weighted by molar-refractivity contribution is 5.54. The maximum atomic E-state index is 10.6. The fourth-order valence-electron chi connectivity index (χ4n) is 2.89. The minimum Gasteiger partial charge on any atom is -0.494 e. The number of ether oxygens (including phenoxy) is 1. The fraction of sp³-hybridized carbons (Fsp3) is 0.333. The molecule has 2 aromatic rings. The third-order valence-electron chi connectivity index (χ3n) is 3.97. The average Bonchev–Trinajstić information content (AvgIpc) is 2.54. The molecule has 0 aliphatic carbocycles. The van der Waals surface area contributed by atoms with Gasteiger partial charge >= 0.3 is 0 Å². The van der Waals surface area contributed by atoms with E-state index in [1.54, 1.807) is 0 Å². The third-order valence-corrected chi connectivity index (χ3v) is 3.97. The standard InChI is InChI=1S/C18H21NO2/c1-2-21-15-8-5-7-14(12-15)18(20)17-11-10-13-6-3-4-9-16(13)19-17/h3-9,12,17-20H,2,10-11H2,1H3. The summed E-state index contributed by atoms with van der Waals surface area (Å²) in [6.07, 6.45) is 1.39. The quantitative estimate of drug-likeness (QED) is 0.901. The van der Waals surface area contributed by atoms with Crippen molar-refractivity contribution in [2.75, 3.05) is 11.9 Å². The Balaban J connectivity index is 1.77. The van der Waals surface area contributed by atoms with E-state index in [0.29, 0.717) is 6.61 Å². The summed E-state index contributed by atoms with van der Waals surface area (Å²) in [6, 6.07) is 16.1. The van der Waals surface area contributed by atoms with Crippen molar-refractivity contribution in [2.45, 2.75) is 31.9 Å². The lowest BCUT2D eigenvalue weighted by atomic mass is 9.92. The van der Waals surface area contributed by atoms with E-state index in [4.69, 9.17) is 4.74 Å². The number of aryl methyl sites for hydroxylation is 1. The van der Waals surface area contributed by atoms with Gasteiger partial charge in [0.15, 0.2) is 0 Å². The zero-order valence-electron chi connectivity index (χ0n) is 12.3. The van der Waals surface area contributed by atoms with E-state index in [0.717, 1.165) is 29.8 Å². The van der Waals surface area contributed by atoms with Gasteiger partial charge in [0.2, 0.25) is 0 Å². The molecule has 3 nitrogen and oxygen atoms in total. The minimum atomic E-state index is -0.529. The summed E-state index contributed by atoms with van der Waals surface area (Å²) < 4.78 is 5.51. The molecule has 2 atom stereocenters. The molecule has 3 rings (SSSR count). The van der Waals surface area contributed by atoms with Gasteiger partial charge in [-0.1, -0.05) is 30.3 Å². The molecule has 2 unspecified atom stereocenters. The van der Waals surface area contributed by atoms with E-state index in [9.17, 15) is 5.11 Å². The van der Waals surface area contributed by atoms with Gasteiger partial charge in [-0.2, -0.15) is 0 Å². The van der Waals surface area contributed by atoms with Crippen molar-refractivity contribution in [2.24, 2.45) is 0 Å². The molecule has 21 heavy (non-hydrogen) atoms. The van der Waals surface area contributed by atoms with Crippen molar-refractivity contribution in [1.82, 2.24) is 0 Å². The highest BCUT2D eigenvalue weighted by Gasteiger charge is 2.25. The topological polar surface area (TPSA) is 41.5 Å². The first kappa shape index (κ1) is 14.0. The van der Waals surface area contributed by atoms with E-state index in [2.05, 4.69) is 23.5 Å². The van der Waals surface area contributed by atoms with E-state index in [-0.39, 0.29) is 6.04 Å². The van der Waals surface area contributed by atoms with E-state index >= 15 is 0 Å². The summed E-state index contributed by atoms with van der Waals surface area (Å²) in [5.74, 6) is 0.810. The normalized spacial score (nSPS) is 18.5. The molecule has 1 heterocycles. The Kier molecular flexibility index (Phi) is 4.11. The van der Waals surface area contributed by atoms with Gasteiger partial charge in [-0.15, -0.1) is 0 Å². The Bertz CT molecular complexity index is 612. The molecule has 110 valence electrons. The molecule has 0 aromatic heterocycles. The van der Waals surface area contributed by atoms with Gasteiger partial charge in [0, 0.05) is 5.69 Å². The van der Waals surface area contributed by atoms with Crippen molar-refractivity contribution >= 4 is 5.69 Å². The Labute approximate surface area is 125 Å². The van der Waals surface area contributed by atoms with Crippen molar-refractivity contribution < 1.29 is 9.84 Å². The molecule has 0 saturated carbocycles. The van der Waals surface area contributed by atoms with E-state index in [1.807, 2.05) is 37.3 Å². The fourth-order valence-corrected chi connectivity index (χ4v) is 2.89. The summed E-state index contributed by atoms with van der Waals surface area (Å²) in [4.78, 5) is 0. The number of hydrogen-bond donors (Lipinski definition) is 2. The van der Waals surface area contributed by atoms with E-state index < -0.39 is 6.10 Å². The van der Waals surface area contributed by atoms with E-state index in [1.165, 1.54) is 5.56 Å². The van der Waals surface area contributed by atoms with Crippen LogP contribution in [0.1, 0.15) is 30.6 Å². The molecule has 2 N–H and O–H groups in total. The van der Waals surface area contributed by atoms with Gasteiger partial charge in [-0.3, -0.25) is 0 Å². The van der Waals surface area contributed by atoms with Crippen molar-refractivity contribution in [3.63, 3.8) is 0 Å². The van der Waals surface area contributed by atoms with Gasteiger partial charge in [-0.05, 0) is 49.1 Å². The van der Waals surface area contributed by atoms with Gasteiger partial charge in [0.05, 0.1) is 18.8 Å². The number of fused-ring (bicyclic) bond motifs is 1. The molecule has 0 spiro atoms. The molecule has 2 aromatic carbocycles. The predicted octanol–water partition coefficient (Wildman–Crippen LogP) is 3.55. The summed E-state index contributed by atoms with van der Waals surface area (Å²) in [6.45, 7) is 2.59. The lowest BCUT2D eigenvalue weighted by molar-refractivity contribution is 0.148. The second-order valence-electron chi connectivity index (χ2n) is 5.40. The summed E-state index contributed by atoms with van der Waals surface area (Å²) in [7, 11) is 0. The van der Waals surface area contributed by atoms with Crippen LogP contribution in [0.25, 0.3) is 0 Å². The monoisotopic (exact) mass is 283 g/mol. The number of anilines is 1. The number of aliphatic hydroxyl groups is 1. The van der Waals surface area contributed by atoms with Crippen LogP contribution in [0, 0.1) is 0 Å². The average molecular weight is 283 g/mol. The largest absolute Gasteiger partial charge is 0.494 e. The first-order chi connectivity index (χ1) is 10.3. The van der Waals surface area contributed by atoms with Crippen LogP contribution < -0.4 is 10.1 Å². The number of rotatable bonds is 4. The molecule has 0 fully saturated rings. The van der Waals surface area contributed by atoms with Crippen LogP contribution in [-0.2, 0) is 6.42 Å². The smallest absolute Gasteiger partial charge is 0.119 e. The first-order valence-electron chi connectivity index (χ1n) is 7.53. The summed E-state index contributed by atoms with van der Waals surface area (Å²) in [5.41, 5.74) is 3.36. The zero-order valence-corrected chi connectivity index (χ0v) is 12.3. The van der Waals surface area contributed by atoms with Crippen LogP contribution in [0.3, 0.4) is 0 Å². The summed E-state index contributed by atoms with van der Waals surface area (Å²) >= 11 is 0. The first-order valence-corrected chi connectivity index (χ1v) is 7.53. The maximum Gasteiger partial charge on any atom is 0.119 e.